The summed E-state index contributed by atoms with van der Waals surface area (Å²) < 4.78 is 29.9. The van der Waals surface area contributed by atoms with E-state index in [1.165, 1.54) is 25.5 Å². The predicted molar refractivity (Wildman–Crippen MR) is 87.5 cm³/mol. The highest BCUT2D eigenvalue weighted by Crippen LogP contribution is 2.34. The normalized spacial score (nSPS) is 10.7. The van der Waals surface area contributed by atoms with Crippen molar-refractivity contribution in [3.05, 3.63) is 52.3 Å². The molecule has 0 saturated heterocycles. The first-order chi connectivity index (χ1) is 11.1. The second-order valence-electron chi connectivity index (χ2n) is 4.42. The van der Waals surface area contributed by atoms with E-state index >= 15 is 0 Å². The van der Waals surface area contributed by atoms with Crippen LogP contribution in [0.4, 0.5) is 4.39 Å². The monoisotopic (exact) mass is 383 g/mol. The number of nitrogens with zero attached hydrogens (tertiary/aromatic N) is 1. The number of hydrogen-bond acceptors (Lipinski definition) is 5. The van der Waals surface area contributed by atoms with Crippen LogP contribution < -0.4 is 14.2 Å². The van der Waals surface area contributed by atoms with Crippen molar-refractivity contribution in [2.24, 2.45) is 5.16 Å². The van der Waals surface area contributed by atoms with Crippen molar-refractivity contribution in [3.8, 4) is 17.2 Å². The highest BCUT2D eigenvalue weighted by molar-refractivity contribution is 9.10. The summed E-state index contributed by atoms with van der Waals surface area (Å²) in [4.78, 5) is 0. The molecule has 0 fully saturated rings. The van der Waals surface area contributed by atoms with Gasteiger partial charge in [0.15, 0.2) is 11.5 Å². The molecule has 7 heteroatoms. The molecule has 0 aliphatic carbocycles. The lowest BCUT2D eigenvalue weighted by Crippen LogP contribution is -2.10. The van der Waals surface area contributed by atoms with Crippen LogP contribution in [0.5, 0.6) is 17.2 Å². The van der Waals surface area contributed by atoms with Crippen LogP contribution in [0.25, 0.3) is 0 Å². The Kier molecular flexibility index (Phi) is 6.22. The molecule has 0 atom stereocenters. The molecule has 5 nitrogen and oxygen atoms in total. The van der Waals surface area contributed by atoms with Gasteiger partial charge < -0.3 is 19.4 Å². The molecule has 2 aromatic rings. The van der Waals surface area contributed by atoms with E-state index in [1.807, 2.05) is 0 Å². The molecule has 0 aliphatic rings. The molecule has 0 heterocycles. The molecule has 0 aromatic heterocycles. The number of hydrogen-bond donors (Lipinski definition) is 1. The summed E-state index contributed by atoms with van der Waals surface area (Å²) in [5, 5.41) is 11.8. The highest BCUT2D eigenvalue weighted by atomic mass is 79.9. The van der Waals surface area contributed by atoms with Gasteiger partial charge in [-0.15, -0.1) is 0 Å². The Bertz CT molecular complexity index is 677. The van der Waals surface area contributed by atoms with E-state index in [0.29, 0.717) is 22.8 Å². The van der Waals surface area contributed by atoms with Gasteiger partial charge in [-0.1, -0.05) is 21.1 Å². The minimum Gasteiger partial charge on any atom is -0.493 e. The summed E-state index contributed by atoms with van der Waals surface area (Å²) in [6.07, 6.45) is 1.25. The molecular formula is C16H15BrFNO4. The summed E-state index contributed by atoms with van der Waals surface area (Å²) >= 11 is 3.34. The minimum absolute atomic E-state index is 0.238. The Labute approximate surface area is 141 Å². The van der Waals surface area contributed by atoms with E-state index < -0.39 is 0 Å². The van der Waals surface area contributed by atoms with Crippen LogP contribution in [0.15, 0.2) is 46.0 Å². The van der Waals surface area contributed by atoms with Gasteiger partial charge in [0.2, 0.25) is 0 Å². The molecule has 23 heavy (non-hydrogen) atoms. The number of ether oxygens (including phenoxy) is 3. The van der Waals surface area contributed by atoms with E-state index in [1.54, 1.807) is 24.3 Å². The van der Waals surface area contributed by atoms with Gasteiger partial charge in [0.1, 0.15) is 24.8 Å². The first kappa shape index (κ1) is 17.1. The van der Waals surface area contributed by atoms with Crippen LogP contribution in [0, 0.1) is 5.82 Å². The van der Waals surface area contributed by atoms with Crippen molar-refractivity contribution in [1.29, 1.82) is 0 Å². The zero-order valence-corrected chi connectivity index (χ0v) is 13.9. The number of benzene rings is 2. The molecule has 0 unspecified atom stereocenters. The van der Waals surface area contributed by atoms with Crippen LogP contribution in [0.2, 0.25) is 0 Å². The van der Waals surface area contributed by atoms with E-state index in [0.717, 1.165) is 4.47 Å². The van der Waals surface area contributed by atoms with Crippen LogP contribution in [0.1, 0.15) is 5.56 Å². The Balaban J connectivity index is 2.00. The van der Waals surface area contributed by atoms with E-state index in [-0.39, 0.29) is 19.0 Å². The van der Waals surface area contributed by atoms with Gasteiger partial charge in [-0.25, -0.2) is 4.39 Å². The molecule has 2 rings (SSSR count). The Morgan fingerprint density at radius 1 is 1.17 bits per heavy atom. The average molecular weight is 384 g/mol. The number of rotatable bonds is 7. The maximum Gasteiger partial charge on any atom is 0.170 e. The molecule has 0 radical (unpaired) electrons. The third kappa shape index (κ3) is 4.85. The van der Waals surface area contributed by atoms with Gasteiger partial charge in [0, 0.05) is 10.0 Å². The average Bonchev–Trinajstić information content (AvgIpc) is 2.54. The molecular weight excluding hydrogens is 369 g/mol. The van der Waals surface area contributed by atoms with E-state index in [9.17, 15) is 4.39 Å². The summed E-state index contributed by atoms with van der Waals surface area (Å²) in [6, 6.07) is 9.20. The van der Waals surface area contributed by atoms with Gasteiger partial charge >= 0.3 is 0 Å². The largest absolute Gasteiger partial charge is 0.493 e. The minimum atomic E-state index is -0.318. The van der Waals surface area contributed by atoms with Gasteiger partial charge in [-0.05, 0) is 36.4 Å². The third-order valence-corrected chi connectivity index (χ3v) is 3.34. The second-order valence-corrected chi connectivity index (χ2v) is 5.34. The standard InChI is InChI=1S/C16H15BrFNO4/c1-21-15-9-12(17)8-11(10-19-20)16(15)23-7-6-22-14-4-2-13(18)3-5-14/h2-5,8-10,20H,6-7H2,1H3. The zero-order valence-electron chi connectivity index (χ0n) is 12.3. The summed E-state index contributed by atoms with van der Waals surface area (Å²) in [7, 11) is 1.52. The van der Waals surface area contributed by atoms with E-state index in [4.69, 9.17) is 19.4 Å². The van der Waals surface area contributed by atoms with Gasteiger partial charge in [0.05, 0.1) is 13.3 Å². The predicted octanol–water partition coefficient (Wildman–Crippen LogP) is 3.86. The second kappa shape index (κ2) is 8.38. The topological polar surface area (TPSA) is 60.3 Å². The Morgan fingerprint density at radius 3 is 2.52 bits per heavy atom. The molecule has 1 N–H and O–H groups in total. The Morgan fingerprint density at radius 2 is 1.87 bits per heavy atom. The molecule has 0 amide bonds. The molecule has 0 spiro atoms. The number of methoxy groups -OCH3 is 1. The smallest absolute Gasteiger partial charge is 0.170 e. The molecule has 2 aromatic carbocycles. The maximum atomic E-state index is 12.8. The van der Waals surface area contributed by atoms with Crippen molar-refractivity contribution < 1.29 is 23.8 Å². The fraction of sp³-hybridized carbons (Fsp3) is 0.188. The van der Waals surface area contributed by atoms with Crippen molar-refractivity contribution in [1.82, 2.24) is 0 Å². The fourth-order valence-electron chi connectivity index (χ4n) is 1.89. The Hall–Kier alpha value is -2.28. The summed E-state index contributed by atoms with van der Waals surface area (Å²) in [6.45, 7) is 0.502. The lowest BCUT2D eigenvalue weighted by atomic mass is 10.2. The lowest BCUT2D eigenvalue weighted by Gasteiger charge is -2.14. The van der Waals surface area contributed by atoms with Crippen molar-refractivity contribution in [3.63, 3.8) is 0 Å². The number of oxime groups is 1. The molecule has 0 saturated carbocycles. The molecule has 0 aliphatic heterocycles. The van der Waals surface area contributed by atoms with Crippen molar-refractivity contribution >= 4 is 22.1 Å². The molecule has 122 valence electrons. The zero-order chi connectivity index (χ0) is 16.7. The summed E-state index contributed by atoms with van der Waals surface area (Å²) in [5.74, 6) is 1.17. The van der Waals surface area contributed by atoms with Crippen LogP contribution in [-0.2, 0) is 0 Å². The van der Waals surface area contributed by atoms with Crippen LogP contribution in [-0.4, -0.2) is 31.7 Å². The van der Waals surface area contributed by atoms with Gasteiger partial charge in [-0.2, -0.15) is 0 Å². The third-order valence-electron chi connectivity index (χ3n) is 2.88. The highest BCUT2D eigenvalue weighted by Gasteiger charge is 2.12. The SMILES string of the molecule is COc1cc(Br)cc(C=NO)c1OCCOc1ccc(F)cc1. The van der Waals surface area contributed by atoms with E-state index in [2.05, 4.69) is 21.1 Å². The van der Waals surface area contributed by atoms with Crippen LogP contribution >= 0.6 is 15.9 Å². The quantitative estimate of drug-likeness (QED) is 0.341. The maximum absolute atomic E-state index is 12.8. The first-order valence-corrected chi connectivity index (χ1v) is 7.49. The van der Waals surface area contributed by atoms with Crippen molar-refractivity contribution in [2.75, 3.05) is 20.3 Å². The fourth-order valence-corrected chi connectivity index (χ4v) is 2.34. The van der Waals surface area contributed by atoms with Gasteiger partial charge in [-0.3, -0.25) is 0 Å². The first-order valence-electron chi connectivity index (χ1n) is 6.70. The van der Waals surface area contributed by atoms with Gasteiger partial charge in [0.25, 0.3) is 0 Å². The van der Waals surface area contributed by atoms with Crippen LogP contribution in [0.3, 0.4) is 0 Å². The number of halogens is 2. The van der Waals surface area contributed by atoms with Crippen molar-refractivity contribution in [2.45, 2.75) is 0 Å². The lowest BCUT2D eigenvalue weighted by molar-refractivity contribution is 0.211. The summed E-state index contributed by atoms with van der Waals surface area (Å²) in [5.41, 5.74) is 0.556. The molecule has 0 bridgehead atoms.